The van der Waals surface area contributed by atoms with Crippen LogP contribution >= 0.6 is 0 Å². The molecule has 0 saturated carbocycles. The molecule has 4 amide bonds. The molecule has 6 nitrogen and oxygen atoms in total. The zero-order chi connectivity index (χ0) is 15.4. The molecule has 21 heavy (non-hydrogen) atoms. The number of rotatable bonds is 4. The summed E-state index contributed by atoms with van der Waals surface area (Å²) >= 11 is 0. The predicted octanol–water partition coefficient (Wildman–Crippen LogP) is 0.676. The van der Waals surface area contributed by atoms with Gasteiger partial charge in [-0.25, -0.2) is 9.18 Å². The van der Waals surface area contributed by atoms with Crippen LogP contribution in [0.25, 0.3) is 0 Å². The molecule has 1 saturated heterocycles. The van der Waals surface area contributed by atoms with Crippen molar-refractivity contribution in [3.8, 4) is 0 Å². The number of amides is 4. The number of halogens is 1. The topological polar surface area (TPSA) is 87.3 Å². The second-order valence-electron chi connectivity index (χ2n) is 4.97. The normalized spacial score (nSPS) is 21.4. The number of hydrogen-bond acceptors (Lipinski definition) is 3. The summed E-state index contributed by atoms with van der Waals surface area (Å²) in [6.45, 7) is 1.93. The molecule has 1 aromatic carbocycles. The fourth-order valence-electron chi connectivity index (χ4n) is 2.12. The summed E-state index contributed by atoms with van der Waals surface area (Å²) in [6, 6.07) is 4.83. The third kappa shape index (κ3) is 4.01. The van der Waals surface area contributed by atoms with Crippen LogP contribution in [0.3, 0.4) is 0 Å². The van der Waals surface area contributed by atoms with E-state index in [4.69, 9.17) is 0 Å². The Bertz CT molecular complexity index is 559. The van der Waals surface area contributed by atoms with Crippen LogP contribution in [0, 0.1) is 11.7 Å². The van der Waals surface area contributed by atoms with Gasteiger partial charge in [0.15, 0.2) is 0 Å². The number of nitrogens with one attached hydrogen (secondary N) is 3. The van der Waals surface area contributed by atoms with Gasteiger partial charge in [-0.15, -0.1) is 0 Å². The van der Waals surface area contributed by atoms with Gasteiger partial charge in [-0.2, -0.15) is 0 Å². The smallest absolute Gasteiger partial charge is 0.321 e. The predicted molar refractivity (Wildman–Crippen MR) is 72.5 cm³/mol. The third-order valence-electron chi connectivity index (χ3n) is 3.34. The van der Waals surface area contributed by atoms with Crippen LogP contribution in [0.4, 0.5) is 9.18 Å². The second kappa shape index (κ2) is 6.34. The van der Waals surface area contributed by atoms with Gasteiger partial charge in [-0.1, -0.05) is 12.1 Å². The first-order valence-corrected chi connectivity index (χ1v) is 6.58. The summed E-state index contributed by atoms with van der Waals surface area (Å²) in [5.74, 6) is -1.70. The van der Waals surface area contributed by atoms with Crippen LogP contribution in [0.15, 0.2) is 24.3 Å². The highest BCUT2D eigenvalue weighted by atomic mass is 19.1. The molecule has 1 aliphatic heterocycles. The Balaban J connectivity index is 1.85. The van der Waals surface area contributed by atoms with Gasteiger partial charge in [0.2, 0.25) is 11.8 Å². The highest BCUT2D eigenvalue weighted by Crippen LogP contribution is 2.13. The summed E-state index contributed by atoms with van der Waals surface area (Å²) in [4.78, 5) is 34.6. The molecule has 2 atom stereocenters. The highest BCUT2D eigenvalue weighted by molar-refractivity contribution is 6.00. The Labute approximate surface area is 121 Å². The van der Waals surface area contributed by atoms with Crippen molar-refractivity contribution in [3.63, 3.8) is 0 Å². The minimum atomic E-state index is -0.601. The average molecular weight is 293 g/mol. The molecule has 1 fully saturated rings. The molecule has 3 N–H and O–H groups in total. The average Bonchev–Trinajstić information content (AvgIpc) is 2.42. The van der Waals surface area contributed by atoms with Crippen molar-refractivity contribution in [1.29, 1.82) is 0 Å². The first-order chi connectivity index (χ1) is 9.95. The fraction of sp³-hybridized carbons (Fsp3) is 0.357. The molecule has 1 heterocycles. The lowest BCUT2D eigenvalue weighted by Gasteiger charge is -2.28. The van der Waals surface area contributed by atoms with E-state index >= 15 is 0 Å². The Morgan fingerprint density at radius 2 is 1.95 bits per heavy atom. The Morgan fingerprint density at radius 1 is 1.29 bits per heavy atom. The molecule has 7 heteroatoms. The second-order valence-corrected chi connectivity index (χ2v) is 4.97. The molecule has 0 aliphatic carbocycles. The van der Waals surface area contributed by atoms with E-state index in [1.165, 1.54) is 12.1 Å². The van der Waals surface area contributed by atoms with Crippen molar-refractivity contribution in [3.05, 3.63) is 35.6 Å². The van der Waals surface area contributed by atoms with Crippen LogP contribution in [-0.2, 0) is 16.1 Å². The summed E-state index contributed by atoms with van der Waals surface area (Å²) in [5, 5.41) is 7.35. The van der Waals surface area contributed by atoms with Crippen molar-refractivity contribution in [2.45, 2.75) is 25.9 Å². The molecular formula is C14H16FN3O3. The van der Waals surface area contributed by atoms with Crippen molar-refractivity contribution >= 4 is 17.8 Å². The maximum atomic E-state index is 12.7. The zero-order valence-corrected chi connectivity index (χ0v) is 11.5. The van der Waals surface area contributed by atoms with Gasteiger partial charge in [-0.3, -0.25) is 14.9 Å². The standard InChI is InChI=1S/C14H16FN3O3/c1-8-11(13(20)18-14(21)17-8)6-12(19)16-7-9-2-4-10(15)5-3-9/h2-5,8,11H,6-7H2,1H3,(H,16,19)(H2,17,18,20,21). The monoisotopic (exact) mass is 293 g/mol. The van der Waals surface area contributed by atoms with Crippen molar-refractivity contribution in [1.82, 2.24) is 16.0 Å². The van der Waals surface area contributed by atoms with E-state index in [1.807, 2.05) is 0 Å². The van der Waals surface area contributed by atoms with Crippen molar-refractivity contribution in [2.75, 3.05) is 0 Å². The van der Waals surface area contributed by atoms with E-state index in [0.717, 1.165) is 5.56 Å². The van der Waals surface area contributed by atoms with Crippen molar-refractivity contribution < 1.29 is 18.8 Å². The number of hydrogen-bond donors (Lipinski definition) is 3. The molecule has 2 rings (SSSR count). The summed E-state index contributed by atoms with van der Waals surface area (Å²) in [7, 11) is 0. The van der Waals surface area contributed by atoms with Gasteiger partial charge >= 0.3 is 6.03 Å². The Hall–Kier alpha value is -2.44. The Kier molecular flexibility index (Phi) is 4.52. The number of urea groups is 1. The summed E-state index contributed by atoms with van der Waals surface area (Å²) < 4.78 is 12.7. The summed E-state index contributed by atoms with van der Waals surface area (Å²) in [5.41, 5.74) is 0.763. The minimum Gasteiger partial charge on any atom is -0.352 e. The van der Waals surface area contributed by atoms with Gasteiger partial charge in [0.05, 0.1) is 5.92 Å². The van der Waals surface area contributed by atoms with Gasteiger partial charge in [0.1, 0.15) is 5.82 Å². The SMILES string of the molecule is CC1NC(=O)NC(=O)C1CC(=O)NCc1ccc(F)cc1. The van der Waals surface area contributed by atoms with Crippen LogP contribution in [0.5, 0.6) is 0 Å². The van der Waals surface area contributed by atoms with Gasteiger partial charge in [-0.05, 0) is 24.6 Å². The maximum absolute atomic E-state index is 12.7. The van der Waals surface area contributed by atoms with E-state index in [9.17, 15) is 18.8 Å². The largest absolute Gasteiger partial charge is 0.352 e. The zero-order valence-electron chi connectivity index (χ0n) is 11.5. The minimum absolute atomic E-state index is 0.0194. The molecule has 0 radical (unpaired) electrons. The molecule has 112 valence electrons. The summed E-state index contributed by atoms with van der Waals surface area (Å²) in [6.07, 6.45) is -0.0194. The third-order valence-corrected chi connectivity index (χ3v) is 3.34. The lowest BCUT2D eigenvalue weighted by atomic mass is 9.94. The number of benzene rings is 1. The van der Waals surface area contributed by atoms with E-state index in [0.29, 0.717) is 0 Å². The molecule has 0 spiro atoms. The van der Waals surface area contributed by atoms with Crippen LogP contribution in [0.1, 0.15) is 18.9 Å². The van der Waals surface area contributed by atoms with Gasteiger partial charge in [0.25, 0.3) is 0 Å². The number of imide groups is 1. The molecule has 2 unspecified atom stereocenters. The number of carbonyl (C=O) groups excluding carboxylic acids is 3. The van der Waals surface area contributed by atoms with Crippen LogP contribution in [0.2, 0.25) is 0 Å². The maximum Gasteiger partial charge on any atom is 0.321 e. The van der Waals surface area contributed by atoms with Gasteiger partial charge in [0, 0.05) is 19.0 Å². The molecule has 0 aromatic heterocycles. The Morgan fingerprint density at radius 3 is 2.57 bits per heavy atom. The quantitative estimate of drug-likeness (QED) is 0.762. The van der Waals surface area contributed by atoms with Crippen molar-refractivity contribution in [2.24, 2.45) is 5.92 Å². The molecule has 0 bridgehead atoms. The first kappa shape index (κ1) is 15.0. The van der Waals surface area contributed by atoms with Crippen LogP contribution < -0.4 is 16.0 Å². The molecule has 1 aliphatic rings. The van der Waals surface area contributed by atoms with E-state index in [2.05, 4.69) is 16.0 Å². The fourth-order valence-corrected chi connectivity index (χ4v) is 2.12. The molecular weight excluding hydrogens is 277 g/mol. The first-order valence-electron chi connectivity index (χ1n) is 6.58. The van der Waals surface area contributed by atoms with E-state index in [-0.39, 0.29) is 24.7 Å². The van der Waals surface area contributed by atoms with Gasteiger partial charge < -0.3 is 10.6 Å². The molecule has 1 aromatic rings. The lowest BCUT2D eigenvalue weighted by molar-refractivity contribution is -0.131. The highest BCUT2D eigenvalue weighted by Gasteiger charge is 2.33. The van der Waals surface area contributed by atoms with E-state index < -0.39 is 23.9 Å². The van der Waals surface area contributed by atoms with E-state index in [1.54, 1.807) is 19.1 Å². The van der Waals surface area contributed by atoms with Crippen LogP contribution in [-0.4, -0.2) is 23.9 Å². The lowest BCUT2D eigenvalue weighted by Crippen LogP contribution is -2.57. The number of carbonyl (C=O) groups is 3.